The Balaban J connectivity index is 2.31. The van der Waals surface area contributed by atoms with Crippen molar-refractivity contribution in [2.45, 2.75) is 97.1 Å². The van der Waals surface area contributed by atoms with Crippen molar-refractivity contribution in [3.8, 4) is 0 Å². The number of hydrogen-bond acceptors (Lipinski definition) is 3. The van der Waals surface area contributed by atoms with E-state index in [0.29, 0.717) is 6.42 Å². The Morgan fingerprint density at radius 2 is 1.56 bits per heavy atom. The largest absolute Gasteiger partial charge is 0.444 e. The minimum atomic E-state index is -0.532. The molecule has 1 aromatic rings. The lowest BCUT2D eigenvalue weighted by Crippen LogP contribution is -2.41. The first-order valence-corrected chi connectivity index (χ1v) is 10.5. The van der Waals surface area contributed by atoms with Crippen LogP contribution in [-0.2, 0) is 17.6 Å². The molecule has 0 aliphatic heterocycles. The Morgan fingerprint density at radius 1 is 1.00 bits per heavy atom. The number of nitrogens with one attached hydrogen (secondary N) is 1. The van der Waals surface area contributed by atoms with Crippen LogP contribution >= 0.6 is 0 Å². The van der Waals surface area contributed by atoms with E-state index in [9.17, 15) is 9.90 Å². The predicted molar refractivity (Wildman–Crippen MR) is 112 cm³/mol. The molecule has 1 unspecified atom stereocenters. The summed E-state index contributed by atoms with van der Waals surface area (Å²) < 4.78 is 5.24. The molecule has 1 rings (SSSR count). The zero-order valence-corrected chi connectivity index (χ0v) is 17.7. The van der Waals surface area contributed by atoms with E-state index < -0.39 is 11.7 Å². The summed E-state index contributed by atoms with van der Waals surface area (Å²) in [6.07, 6.45) is 10.1. The van der Waals surface area contributed by atoms with Gasteiger partial charge in [0.1, 0.15) is 5.60 Å². The number of amides is 1. The standard InChI is InChI=1S/C23H39NO3/c1-5-6-7-8-9-10-11-19-12-14-20(15-13-19)16-17-21(18-25)24-22(26)27-23(2,3)4/h12-15,21,25H,5-11,16-18H2,1-4H3,(H,24,26). The molecular formula is C23H39NO3. The zero-order valence-electron chi connectivity index (χ0n) is 17.7. The first-order chi connectivity index (χ1) is 12.8. The maximum absolute atomic E-state index is 11.8. The number of benzene rings is 1. The predicted octanol–water partition coefficient (Wildman–Crippen LogP) is 5.41. The number of ether oxygens (including phenoxy) is 1. The summed E-state index contributed by atoms with van der Waals surface area (Å²) in [6.45, 7) is 7.64. The maximum Gasteiger partial charge on any atom is 0.407 e. The second kappa shape index (κ2) is 12.8. The minimum absolute atomic E-state index is 0.0879. The number of rotatable bonds is 12. The number of aliphatic hydroxyl groups excluding tert-OH is 1. The number of aliphatic hydroxyl groups is 1. The van der Waals surface area contributed by atoms with Crippen molar-refractivity contribution in [2.24, 2.45) is 0 Å². The van der Waals surface area contributed by atoms with Gasteiger partial charge in [0.2, 0.25) is 0 Å². The summed E-state index contributed by atoms with van der Waals surface area (Å²) in [5, 5.41) is 12.2. The number of alkyl carbamates (subject to hydrolysis) is 1. The van der Waals surface area contributed by atoms with Gasteiger partial charge >= 0.3 is 6.09 Å². The molecule has 1 amide bonds. The van der Waals surface area contributed by atoms with Crippen LogP contribution in [0.5, 0.6) is 0 Å². The van der Waals surface area contributed by atoms with Gasteiger partial charge in [-0.3, -0.25) is 0 Å². The molecule has 0 spiro atoms. The number of carbonyl (C=O) groups is 1. The normalized spacial score (nSPS) is 12.6. The molecule has 2 N–H and O–H groups in total. The number of carbonyl (C=O) groups excluding carboxylic acids is 1. The molecule has 1 aromatic carbocycles. The van der Waals surface area contributed by atoms with E-state index in [1.165, 1.54) is 49.7 Å². The summed E-state index contributed by atoms with van der Waals surface area (Å²) in [5.41, 5.74) is 2.08. The molecule has 4 heteroatoms. The molecule has 0 saturated heterocycles. The first kappa shape index (κ1) is 23.5. The van der Waals surface area contributed by atoms with Crippen molar-refractivity contribution >= 4 is 6.09 Å². The Hall–Kier alpha value is -1.55. The maximum atomic E-state index is 11.8. The fourth-order valence-electron chi connectivity index (χ4n) is 3.01. The molecule has 1 atom stereocenters. The third-order valence-corrected chi connectivity index (χ3v) is 4.56. The minimum Gasteiger partial charge on any atom is -0.444 e. The van der Waals surface area contributed by atoms with E-state index in [4.69, 9.17) is 4.74 Å². The SMILES string of the molecule is CCCCCCCCc1ccc(CCC(CO)NC(=O)OC(C)(C)C)cc1. The van der Waals surface area contributed by atoms with Crippen LogP contribution in [0.25, 0.3) is 0 Å². The summed E-state index contributed by atoms with van der Waals surface area (Å²) in [7, 11) is 0. The second-order valence-corrected chi connectivity index (χ2v) is 8.40. The fraction of sp³-hybridized carbons (Fsp3) is 0.696. The van der Waals surface area contributed by atoms with Crippen LogP contribution in [0.3, 0.4) is 0 Å². The molecule has 0 aliphatic rings. The summed E-state index contributed by atoms with van der Waals surface area (Å²) in [5.74, 6) is 0. The van der Waals surface area contributed by atoms with Crippen molar-refractivity contribution in [1.29, 1.82) is 0 Å². The van der Waals surface area contributed by atoms with Crippen molar-refractivity contribution in [3.63, 3.8) is 0 Å². The number of unbranched alkanes of at least 4 members (excludes halogenated alkanes) is 5. The van der Waals surface area contributed by atoms with Crippen LogP contribution < -0.4 is 5.32 Å². The third kappa shape index (κ3) is 11.7. The van der Waals surface area contributed by atoms with Gasteiger partial charge in [0.05, 0.1) is 12.6 Å². The lowest BCUT2D eigenvalue weighted by atomic mass is 10.0. The van der Waals surface area contributed by atoms with Gasteiger partial charge in [-0.15, -0.1) is 0 Å². The molecule has 27 heavy (non-hydrogen) atoms. The lowest BCUT2D eigenvalue weighted by molar-refractivity contribution is 0.0479. The van der Waals surface area contributed by atoms with Gasteiger partial charge in [0.15, 0.2) is 0 Å². The van der Waals surface area contributed by atoms with Gasteiger partial charge in [0, 0.05) is 0 Å². The summed E-state index contributed by atoms with van der Waals surface area (Å²) >= 11 is 0. The molecule has 0 saturated carbocycles. The second-order valence-electron chi connectivity index (χ2n) is 8.40. The Bertz CT molecular complexity index is 519. The highest BCUT2D eigenvalue weighted by Gasteiger charge is 2.19. The van der Waals surface area contributed by atoms with Gasteiger partial charge in [-0.2, -0.15) is 0 Å². The van der Waals surface area contributed by atoms with Crippen molar-refractivity contribution in [1.82, 2.24) is 5.32 Å². The Labute approximate surface area is 165 Å². The van der Waals surface area contributed by atoms with Crippen LogP contribution in [0.4, 0.5) is 4.79 Å². The number of aryl methyl sites for hydroxylation is 2. The van der Waals surface area contributed by atoms with Crippen LogP contribution in [0.2, 0.25) is 0 Å². The fourth-order valence-corrected chi connectivity index (χ4v) is 3.01. The van der Waals surface area contributed by atoms with Gasteiger partial charge in [-0.05, 0) is 57.6 Å². The van der Waals surface area contributed by atoms with Crippen LogP contribution in [-0.4, -0.2) is 29.4 Å². The monoisotopic (exact) mass is 377 g/mol. The zero-order chi connectivity index (χ0) is 20.1. The van der Waals surface area contributed by atoms with Gasteiger partial charge in [-0.1, -0.05) is 63.3 Å². The Kier molecular flexibility index (Phi) is 11.1. The van der Waals surface area contributed by atoms with E-state index in [2.05, 4.69) is 36.5 Å². The molecule has 0 fully saturated rings. The summed E-state index contributed by atoms with van der Waals surface area (Å²) in [4.78, 5) is 11.8. The van der Waals surface area contributed by atoms with Crippen molar-refractivity contribution in [2.75, 3.05) is 6.61 Å². The average Bonchev–Trinajstić information content (AvgIpc) is 2.61. The van der Waals surface area contributed by atoms with Gasteiger partial charge in [-0.25, -0.2) is 4.79 Å². The van der Waals surface area contributed by atoms with E-state index in [1.54, 1.807) is 0 Å². The molecule has 0 radical (unpaired) electrons. The quantitative estimate of drug-likeness (QED) is 0.479. The van der Waals surface area contributed by atoms with Gasteiger partial charge in [0.25, 0.3) is 0 Å². The highest BCUT2D eigenvalue weighted by Crippen LogP contribution is 2.13. The average molecular weight is 378 g/mol. The van der Waals surface area contributed by atoms with Crippen molar-refractivity contribution in [3.05, 3.63) is 35.4 Å². The highest BCUT2D eigenvalue weighted by molar-refractivity contribution is 5.68. The van der Waals surface area contributed by atoms with E-state index >= 15 is 0 Å². The number of hydrogen-bond donors (Lipinski definition) is 2. The smallest absolute Gasteiger partial charge is 0.407 e. The molecule has 4 nitrogen and oxygen atoms in total. The Morgan fingerprint density at radius 3 is 2.11 bits per heavy atom. The molecular weight excluding hydrogens is 338 g/mol. The highest BCUT2D eigenvalue weighted by atomic mass is 16.6. The molecule has 0 heterocycles. The topological polar surface area (TPSA) is 58.6 Å². The molecule has 0 aliphatic carbocycles. The molecule has 0 bridgehead atoms. The molecule has 154 valence electrons. The first-order valence-electron chi connectivity index (χ1n) is 10.5. The van der Waals surface area contributed by atoms with E-state index in [1.807, 2.05) is 20.8 Å². The van der Waals surface area contributed by atoms with Crippen LogP contribution in [0.1, 0.15) is 83.8 Å². The van der Waals surface area contributed by atoms with E-state index in [0.717, 1.165) is 12.8 Å². The third-order valence-electron chi connectivity index (χ3n) is 4.56. The summed E-state index contributed by atoms with van der Waals surface area (Å²) in [6, 6.07) is 8.44. The van der Waals surface area contributed by atoms with Crippen LogP contribution in [0.15, 0.2) is 24.3 Å². The molecule has 0 aromatic heterocycles. The van der Waals surface area contributed by atoms with Crippen molar-refractivity contribution < 1.29 is 14.6 Å². The lowest BCUT2D eigenvalue weighted by Gasteiger charge is -2.22. The van der Waals surface area contributed by atoms with Crippen LogP contribution in [0, 0.1) is 0 Å². The van der Waals surface area contributed by atoms with Gasteiger partial charge < -0.3 is 15.2 Å². The van der Waals surface area contributed by atoms with E-state index in [-0.39, 0.29) is 12.6 Å².